The second-order valence-electron chi connectivity index (χ2n) is 3.94. The molecule has 2 aromatic rings. The van der Waals surface area contributed by atoms with Crippen LogP contribution in [0.15, 0.2) is 17.5 Å². The first kappa shape index (κ1) is 15.1. The molecule has 1 heterocycles. The average Bonchev–Trinajstić information content (AvgIpc) is 3.01. The van der Waals surface area contributed by atoms with E-state index in [1.807, 2.05) is 0 Å². The van der Waals surface area contributed by atoms with Crippen LogP contribution in [0, 0.1) is 0 Å². The van der Waals surface area contributed by atoms with Gasteiger partial charge in [-0.1, -0.05) is 0 Å². The van der Waals surface area contributed by atoms with Gasteiger partial charge in [0.15, 0.2) is 5.69 Å². The number of rotatable bonds is 5. The molecule has 7 heteroatoms. The Morgan fingerprint density at radius 1 is 1.05 bits per heavy atom. The topological polar surface area (TPSA) is 66.9 Å². The molecule has 1 aromatic carbocycles. The highest BCUT2D eigenvalue weighted by molar-refractivity contribution is 7.13. The van der Waals surface area contributed by atoms with Gasteiger partial charge in [0.05, 0.1) is 34.0 Å². The van der Waals surface area contributed by atoms with Gasteiger partial charge in [-0.15, -0.1) is 11.3 Å². The zero-order valence-corrected chi connectivity index (χ0v) is 12.9. The van der Waals surface area contributed by atoms with Crippen LogP contribution in [-0.4, -0.2) is 39.4 Å². The van der Waals surface area contributed by atoms with E-state index in [0.717, 1.165) is 0 Å². The zero-order chi connectivity index (χ0) is 15.4. The lowest BCUT2D eigenvalue weighted by molar-refractivity contribution is 0.0595. The smallest absolute Gasteiger partial charge is 0.357 e. The molecule has 0 aliphatic carbocycles. The van der Waals surface area contributed by atoms with Gasteiger partial charge < -0.3 is 18.9 Å². The lowest BCUT2D eigenvalue weighted by atomic mass is 10.1. The minimum Gasteiger partial charge on any atom is -0.496 e. The Morgan fingerprint density at radius 2 is 1.67 bits per heavy atom. The van der Waals surface area contributed by atoms with E-state index in [-0.39, 0.29) is 5.69 Å². The third kappa shape index (κ3) is 2.92. The Morgan fingerprint density at radius 3 is 2.14 bits per heavy atom. The van der Waals surface area contributed by atoms with E-state index in [2.05, 4.69) is 9.72 Å². The van der Waals surface area contributed by atoms with E-state index in [1.54, 1.807) is 38.8 Å². The number of methoxy groups -OCH3 is 4. The predicted molar refractivity (Wildman–Crippen MR) is 78.5 cm³/mol. The summed E-state index contributed by atoms with van der Waals surface area (Å²) in [4.78, 5) is 15.8. The second kappa shape index (κ2) is 6.45. The van der Waals surface area contributed by atoms with Crippen LogP contribution in [0.3, 0.4) is 0 Å². The summed E-state index contributed by atoms with van der Waals surface area (Å²) in [5.41, 5.74) is 0.915. The Bertz CT molecular complexity index is 628. The van der Waals surface area contributed by atoms with Gasteiger partial charge >= 0.3 is 5.97 Å². The molecule has 0 N–H and O–H groups in total. The van der Waals surface area contributed by atoms with Gasteiger partial charge in [-0.05, 0) is 0 Å². The molecule has 6 nitrogen and oxygen atoms in total. The maximum absolute atomic E-state index is 11.5. The molecule has 0 radical (unpaired) electrons. The van der Waals surface area contributed by atoms with E-state index < -0.39 is 5.97 Å². The van der Waals surface area contributed by atoms with Crippen LogP contribution in [0.4, 0.5) is 0 Å². The lowest BCUT2D eigenvalue weighted by Gasteiger charge is -2.13. The first-order valence-corrected chi connectivity index (χ1v) is 6.86. The maximum atomic E-state index is 11.5. The Labute approximate surface area is 126 Å². The van der Waals surface area contributed by atoms with Crippen LogP contribution in [-0.2, 0) is 4.74 Å². The van der Waals surface area contributed by atoms with Crippen LogP contribution < -0.4 is 14.2 Å². The summed E-state index contributed by atoms with van der Waals surface area (Å²) in [6.07, 6.45) is 0. The van der Waals surface area contributed by atoms with Gasteiger partial charge in [0.2, 0.25) is 0 Å². The third-order valence-electron chi connectivity index (χ3n) is 2.83. The largest absolute Gasteiger partial charge is 0.496 e. The summed E-state index contributed by atoms with van der Waals surface area (Å²) in [6.45, 7) is 0. The summed E-state index contributed by atoms with van der Waals surface area (Å²) in [7, 11) is 5.97. The van der Waals surface area contributed by atoms with Gasteiger partial charge in [-0.3, -0.25) is 0 Å². The Hall–Kier alpha value is -2.28. The van der Waals surface area contributed by atoms with E-state index in [1.165, 1.54) is 18.4 Å². The number of thiazole rings is 1. The fraction of sp³-hybridized carbons (Fsp3) is 0.286. The lowest BCUT2D eigenvalue weighted by Crippen LogP contribution is -2.01. The van der Waals surface area contributed by atoms with Crippen LogP contribution in [0.2, 0.25) is 0 Å². The fourth-order valence-electron chi connectivity index (χ4n) is 1.80. The number of carbonyl (C=O) groups excluding carboxylic acids is 1. The molecule has 1 aromatic heterocycles. The molecular formula is C14H15NO5S. The quantitative estimate of drug-likeness (QED) is 0.791. The molecule has 0 atom stereocenters. The minimum absolute atomic E-state index is 0.248. The third-order valence-corrected chi connectivity index (χ3v) is 3.69. The molecule has 0 saturated heterocycles. The van der Waals surface area contributed by atoms with Crippen molar-refractivity contribution < 1.29 is 23.7 Å². The number of nitrogens with zero attached hydrogens (tertiary/aromatic N) is 1. The molecule has 0 aliphatic heterocycles. The number of carbonyl (C=O) groups is 1. The van der Waals surface area contributed by atoms with E-state index in [0.29, 0.717) is 27.8 Å². The van der Waals surface area contributed by atoms with Crippen molar-refractivity contribution in [1.82, 2.24) is 4.98 Å². The van der Waals surface area contributed by atoms with Gasteiger partial charge in [-0.25, -0.2) is 9.78 Å². The number of ether oxygens (including phenoxy) is 4. The highest BCUT2D eigenvalue weighted by Gasteiger charge is 2.20. The maximum Gasteiger partial charge on any atom is 0.357 e. The summed E-state index contributed by atoms with van der Waals surface area (Å²) in [5, 5.41) is 2.23. The molecule has 0 aliphatic rings. The number of aromatic nitrogens is 1. The number of hydrogen-bond acceptors (Lipinski definition) is 7. The first-order valence-electron chi connectivity index (χ1n) is 5.98. The summed E-state index contributed by atoms with van der Waals surface area (Å²) in [6, 6.07) is 3.47. The Balaban J connectivity index is 2.56. The highest BCUT2D eigenvalue weighted by atomic mass is 32.1. The number of esters is 1. The molecule has 0 saturated carbocycles. The molecule has 0 bridgehead atoms. The zero-order valence-electron chi connectivity index (χ0n) is 12.1. The Kier molecular flexibility index (Phi) is 4.64. The van der Waals surface area contributed by atoms with Crippen molar-refractivity contribution in [1.29, 1.82) is 0 Å². The van der Waals surface area contributed by atoms with Gasteiger partial charge in [0, 0.05) is 17.5 Å². The van der Waals surface area contributed by atoms with Gasteiger partial charge in [-0.2, -0.15) is 0 Å². The molecule has 0 unspecified atom stereocenters. The van der Waals surface area contributed by atoms with Crippen molar-refractivity contribution in [2.45, 2.75) is 0 Å². The van der Waals surface area contributed by atoms with Crippen molar-refractivity contribution in [2.75, 3.05) is 28.4 Å². The van der Waals surface area contributed by atoms with Gasteiger partial charge in [0.1, 0.15) is 22.3 Å². The normalized spacial score (nSPS) is 10.1. The molecule has 2 rings (SSSR count). The standard InChI is InChI=1S/C14H15NO5S/c1-17-8-5-10(18-2)12(11(6-8)19-3)13-15-9(7-21-13)14(16)20-4/h5-7H,1-4H3. The van der Waals surface area contributed by atoms with E-state index >= 15 is 0 Å². The first-order chi connectivity index (χ1) is 10.1. The SMILES string of the molecule is COC(=O)c1csc(-c2c(OC)cc(OC)cc2OC)n1. The summed E-state index contributed by atoms with van der Waals surface area (Å²) >= 11 is 1.31. The number of hydrogen-bond donors (Lipinski definition) is 0. The van der Waals surface area contributed by atoms with Crippen molar-refractivity contribution in [2.24, 2.45) is 0 Å². The van der Waals surface area contributed by atoms with Crippen molar-refractivity contribution in [3.63, 3.8) is 0 Å². The second-order valence-corrected chi connectivity index (χ2v) is 4.79. The molecular weight excluding hydrogens is 294 g/mol. The highest BCUT2D eigenvalue weighted by Crippen LogP contribution is 2.42. The van der Waals surface area contributed by atoms with Crippen molar-refractivity contribution >= 4 is 17.3 Å². The monoisotopic (exact) mass is 309 g/mol. The molecule has 0 fully saturated rings. The van der Waals surface area contributed by atoms with Gasteiger partial charge in [0.25, 0.3) is 0 Å². The van der Waals surface area contributed by atoms with Crippen LogP contribution in [0.1, 0.15) is 10.5 Å². The average molecular weight is 309 g/mol. The molecule has 21 heavy (non-hydrogen) atoms. The molecule has 0 spiro atoms. The molecule has 0 amide bonds. The van der Waals surface area contributed by atoms with Crippen LogP contribution >= 0.6 is 11.3 Å². The van der Waals surface area contributed by atoms with E-state index in [4.69, 9.17) is 14.2 Å². The van der Waals surface area contributed by atoms with Crippen LogP contribution in [0.5, 0.6) is 17.2 Å². The predicted octanol–water partition coefficient (Wildman–Crippen LogP) is 2.62. The van der Waals surface area contributed by atoms with E-state index in [9.17, 15) is 4.79 Å². The van der Waals surface area contributed by atoms with Crippen molar-refractivity contribution in [3.8, 4) is 27.8 Å². The summed E-state index contributed by atoms with van der Waals surface area (Å²) < 4.78 is 20.6. The minimum atomic E-state index is -0.482. The number of benzene rings is 1. The van der Waals surface area contributed by atoms with Crippen LogP contribution in [0.25, 0.3) is 10.6 Å². The van der Waals surface area contributed by atoms with Crippen molar-refractivity contribution in [3.05, 3.63) is 23.2 Å². The summed E-state index contributed by atoms with van der Waals surface area (Å²) in [5.74, 6) is 1.23. The molecule has 112 valence electrons. The fourth-order valence-corrected chi connectivity index (χ4v) is 2.65.